The number of amides is 2. The van der Waals surface area contributed by atoms with Crippen LogP contribution >= 0.6 is 0 Å². The smallest absolute Gasteiger partial charge is 0.254 e. The number of nitrogens with two attached hydrogens (primary N) is 1. The molecule has 3 aromatic heterocycles. The lowest BCUT2D eigenvalue weighted by Gasteiger charge is -2.39. The van der Waals surface area contributed by atoms with Crippen LogP contribution in [-0.2, 0) is 13.1 Å². The summed E-state index contributed by atoms with van der Waals surface area (Å²) in [6.07, 6.45) is 7.19. The number of ether oxygens (including phenoxy) is 1. The van der Waals surface area contributed by atoms with E-state index >= 15 is 0 Å². The Hall–Kier alpha value is -4.90. The largest absolute Gasteiger partial charge is 0.619 e. The number of aromatic nitrogens is 4. The quantitative estimate of drug-likeness (QED) is 0.201. The number of hydrogen-bond donors (Lipinski definition) is 1. The van der Waals surface area contributed by atoms with Crippen LogP contribution in [0.2, 0.25) is 0 Å². The monoisotopic (exact) mass is 645 g/mol. The van der Waals surface area contributed by atoms with Crippen molar-refractivity contribution < 1.29 is 19.1 Å². The number of likely N-dealkylation sites (tertiary alicyclic amines) is 2. The Balaban J connectivity index is 1.11. The van der Waals surface area contributed by atoms with E-state index in [9.17, 15) is 14.8 Å². The van der Waals surface area contributed by atoms with Gasteiger partial charge in [-0.15, -0.1) is 0 Å². The zero-order chi connectivity index (χ0) is 32.7. The van der Waals surface area contributed by atoms with Gasteiger partial charge < -0.3 is 34.6 Å². The average molecular weight is 646 g/mol. The summed E-state index contributed by atoms with van der Waals surface area (Å²) >= 11 is 0. The summed E-state index contributed by atoms with van der Waals surface area (Å²) in [4.78, 5) is 36.1. The van der Waals surface area contributed by atoms with Crippen molar-refractivity contribution in [2.75, 3.05) is 26.7 Å². The first-order chi connectivity index (χ1) is 23.4. The molecule has 2 saturated heterocycles. The van der Waals surface area contributed by atoms with Crippen LogP contribution in [0, 0.1) is 23.0 Å². The van der Waals surface area contributed by atoms with E-state index in [2.05, 4.69) is 39.5 Å². The second-order valence-electron chi connectivity index (χ2n) is 14.2. The van der Waals surface area contributed by atoms with Crippen molar-refractivity contribution in [3.63, 3.8) is 0 Å². The van der Waals surface area contributed by atoms with Gasteiger partial charge in [0.2, 0.25) is 0 Å². The molecule has 11 nitrogen and oxygen atoms in total. The molecular formula is C37H39N7O4. The van der Waals surface area contributed by atoms with Crippen LogP contribution in [0.1, 0.15) is 46.4 Å². The normalized spacial score (nSPS) is 22.2. The summed E-state index contributed by atoms with van der Waals surface area (Å²) in [7, 11) is 1.65. The number of hydrogen-bond acceptors (Lipinski definition) is 6. The van der Waals surface area contributed by atoms with Gasteiger partial charge >= 0.3 is 0 Å². The predicted molar refractivity (Wildman–Crippen MR) is 180 cm³/mol. The van der Waals surface area contributed by atoms with Gasteiger partial charge in [-0.25, -0.2) is 4.98 Å². The molecule has 4 fully saturated rings. The van der Waals surface area contributed by atoms with E-state index < -0.39 is 0 Å². The van der Waals surface area contributed by atoms with Crippen LogP contribution in [-0.4, -0.2) is 74.6 Å². The van der Waals surface area contributed by atoms with E-state index in [1.807, 2.05) is 21.9 Å². The molecule has 2 aromatic carbocycles. The molecule has 0 radical (unpaired) electrons. The molecular weight excluding hydrogens is 606 g/mol. The predicted octanol–water partition coefficient (Wildman–Crippen LogP) is 4.04. The highest BCUT2D eigenvalue weighted by Gasteiger charge is 2.47. The third-order valence-electron chi connectivity index (χ3n) is 11.1. The molecule has 0 spiro atoms. The number of pyridine rings is 1. The van der Waals surface area contributed by atoms with E-state index in [1.54, 1.807) is 19.2 Å². The van der Waals surface area contributed by atoms with Gasteiger partial charge in [0.15, 0.2) is 18.2 Å². The molecule has 3 atom stereocenters. The molecule has 2 N–H and O–H groups in total. The van der Waals surface area contributed by atoms with E-state index in [4.69, 9.17) is 15.5 Å². The Bertz CT molecular complexity index is 2070. The van der Waals surface area contributed by atoms with Crippen LogP contribution in [0.4, 0.5) is 0 Å². The zero-order valence-corrected chi connectivity index (χ0v) is 27.0. The molecule has 2 saturated carbocycles. The molecule has 11 heteroatoms. The summed E-state index contributed by atoms with van der Waals surface area (Å²) in [5, 5.41) is 12.7. The number of benzene rings is 2. The number of piperidine rings is 1. The van der Waals surface area contributed by atoms with Gasteiger partial charge in [-0.05, 0) is 61.8 Å². The number of rotatable bonds is 8. The van der Waals surface area contributed by atoms with Crippen LogP contribution in [0.5, 0.6) is 5.75 Å². The number of methoxy groups -OCH3 is 1. The van der Waals surface area contributed by atoms with E-state index in [0.29, 0.717) is 65.1 Å². The summed E-state index contributed by atoms with van der Waals surface area (Å²) in [5.74, 6) is 2.54. The molecule has 9 rings (SSSR count). The minimum Gasteiger partial charge on any atom is -0.619 e. The van der Waals surface area contributed by atoms with Crippen LogP contribution in [0.25, 0.3) is 33.5 Å². The standard InChI is InChI=1S/C37H39N7O4/c1-48-32-16-27(37(46)43-21-26-8-9-30(43)33(26)38)14-28-34(32)44(20-23-17-40(18-23)36(45)24-10-12-41(47)13-11-24)35(39-28)31-15-25-4-2-3-5-29(25)42(31)19-22-6-7-22/h2-5,10-16,22-23,26,30,33H,6-9,17-21,38H2,1H3/t26?,30?,33-/m1/s1. The lowest BCUT2D eigenvalue weighted by Crippen LogP contribution is -2.51. The molecule has 2 unspecified atom stereocenters. The number of imidazole rings is 1. The molecule has 2 amide bonds. The first-order valence-electron chi connectivity index (χ1n) is 17.1. The topological polar surface area (TPSA) is 126 Å². The summed E-state index contributed by atoms with van der Waals surface area (Å²) in [5.41, 5.74) is 11.3. The fourth-order valence-electron chi connectivity index (χ4n) is 8.33. The molecule has 5 aromatic rings. The number of nitrogens with zero attached hydrogens (tertiary/aromatic N) is 6. The van der Waals surface area contributed by atoms with Crippen molar-refractivity contribution in [1.29, 1.82) is 0 Å². The first-order valence-corrected chi connectivity index (χ1v) is 17.1. The highest BCUT2D eigenvalue weighted by atomic mass is 16.5. The van der Waals surface area contributed by atoms with Gasteiger partial charge in [0.1, 0.15) is 11.3 Å². The van der Waals surface area contributed by atoms with Gasteiger partial charge in [-0.3, -0.25) is 9.59 Å². The third-order valence-corrected chi connectivity index (χ3v) is 11.1. The Morgan fingerprint density at radius 3 is 2.40 bits per heavy atom. The van der Waals surface area contributed by atoms with Gasteiger partial charge in [0.05, 0.1) is 23.9 Å². The second kappa shape index (κ2) is 11.1. The van der Waals surface area contributed by atoms with Crippen LogP contribution in [0.15, 0.2) is 67.0 Å². The maximum Gasteiger partial charge on any atom is 0.254 e. The van der Waals surface area contributed by atoms with E-state index in [0.717, 1.165) is 41.8 Å². The van der Waals surface area contributed by atoms with Crippen molar-refractivity contribution in [1.82, 2.24) is 23.9 Å². The van der Waals surface area contributed by atoms with Crippen molar-refractivity contribution >= 4 is 33.8 Å². The number of carbonyl (C=O) groups excluding carboxylic acids is 2. The number of fused-ring (bicyclic) bond motifs is 4. The summed E-state index contributed by atoms with van der Waals surface area (Å²) in [6.45, 7) is 3.43. The van der Waals surface area contributed by atoms with Crippen LogP contribution in [0.3, 0.4) is 0 Å². The Morgan fingerprint density at radius 2 is 1.69 bits per heavy atom. The maximum atomic E-state index is 13.9. The minimum atomic E-state index is -0.0804. The van der Waals surface area contributed by atoms with Crippen molar-refractivity contribution in [3.05, 3.63) is 83.3 Å². The lowest BCUT2D eigenvalue weighted by atomic mass is 9.98. The van der Waals surface area contributed by atoms with Crippen molar-refractivity contribution in [2.45, 2.75) is 50.9 Å². The Morgan fingerprint density at radius 1 is 0.917 bits per heavy atom. The first kappa shape index (κ1) is 29.3. The molecule has 5 heterocycles. The lowest BCUT2D eigenvalue weighted by molar-refractivity contribution is -0.605. The Labute approximate surface area is 278 Å². The number of para-hydroxylation sites is 1. The van der Waals surface area contributed by atoms with E-state index in [-0.39, 0.29) is 29.8 Å². The average Bonchev–Trinajstić information content (AvgIpc) is 3.44. The molecule has 48 heavy (non-hydrogen) atoms. The van der Waals surface area contributed by atoms with Crippen LogP contribution < -0.4 is 15.2 Å². The molecule has 2 aliphatic carbocycles. The Kier molecular flexibility index (Phi) is 6.76. The molecule has 2 aliphatic heterocycles. The molecule has 4 aliphatic rings. The minimum absolute atomic E-state index is 0.0200. The van der Waals surface area contributed by atoms with Crippen molar-refractivity contribution in [3.8, 4) is 17.3 Å². The van der Waals surface area contributed by atoms with Gasteiger partial charge in [0.25, 0.3) is 11.8 Å². The summed E-state index contributed by atoms with van der Waals surface area (Å²) < 4.78 is 11.3. The van der Waals surface area contributed by atoms with Gasteiger partial charge in [0, 0.05) is 79.3 Å². The third kappa shape index (κ3) is 4.74. The van der Waals surface area contributed by atoms with E-state index in [1.165, 1.54) is 30.8 Å². The molecule has 2 bridgehead atoms. The van der Waals surface area contributed by atoms with Gasteiger partial charge in [-0.1, -0.05) is 18.2 Å². The zero-order valence-electron chi connectivity index (χ0n) is 27.0. The summed E-state index contributed by atoms with van der Waals surface area (Å²) in [6, 6.07) is 17.7. The maximum absolute atomic E-state index is 13.9. The second-order valence-corrected chi connectivity index (χ2v) is 14.2. The van der Waals surface area contributed by atoms with Gasteiger partial charge in [-0.2, -0.15) is 4.73 Å². The number of carbonyl (C=O) groups is 2. The SMILES string of the molecule is COc1cc(C(=O)N2CC3CCC2[C@@H]3N)cc2nc(-c3cc4ccccc4n3CC3CC3)n(CC3CN(C(=O)c4cc[n+]([O-])cc4)C3)c12. The highest BCUT2D eigenvalue weighted by Crippen LogP contribution is 2.41. The fraction of sp³-hybridized carbons (Fsp3) is 0.405. The van der Waals surface area contributed by atoms with Crippen molar-refractivity contribution in [2.24, 2.45) is 23.5 Å². The fourth-order valence-corrected chi connectivity index (χ4v) is 8.33. The highest BCUT2D eigenvalue weighted by molar-refractivity contribution is 6.01. The molecule has 246 valence electrons.